The van der Waals surface area contributed by atoms with Gasteiger partial charge in [0.15, 0.2) is 11.5 Å². The molecule has 36 heavy (non-hydrogen) atoms. The van der Waals surface area contributed by atoms with Crippen LogP contribution in [0.15, 0.2) is 17.9 Å². The summed E-state index contributed by atoms with van der Waals surface area (Å²) < 4.78 is 5.03. The first-order chi connectivity index (χ1) is 16.7. The molecule has 0 radical (unpaired) electrons. The van der Waals surface area contributed by atoms with E-state index in [-0.39, 0.29) is 34.3 Å². The maximum absolute atomic E-state index is 14.6. The van der Waals surface area contributed by atoms with E-state index in [1.807, 2.05) is 13.0 Å². The largest absolute Gasteiger partial charge is 0.504 e. The molecule has 5 heteroatoms. The van der Waals surface area contributed by atoms with Crippen LogP contribution in [0.2, 0.25) is 0 Å². The van der Waals surface area contributed by atoms with Gasteiger partial charge in [0, 0.05) is 22.0 Å². The van der Waals surface area contributed by atoms with E-state index in [4.69, 9.17) is 4.74 Å². The monoisotopic (exact) mass is 490 g/mol. The number of aliphatic hydroxyl groups excluding tert-OH is 1. The summed E-state index contributed by atoms with van der Waals surface area (Å²) >= 11 is 0. The lowest BCUT2D eigenvalue weighted by Crippen LogP contribution is -2.66. The molecule has 5 nitrogen and oxygen atoms in total. The van der Waals surface area contributed by atoms with Crippen LogP contribution >= 0.6 is 0 Å². The van der Waals surface area contributed by atoms with Crippen LogP contribution in [0.1, 0.15) is 91.2 Å². The summed E-state index contributed by atoms with van der Waals surface area (Å²) in [4.78, 5) is 39.4. The number of aliphatic hydroxyl groups is 1. The second-order valence-electron chi connectivity index (χ2n) is 12.9. The van der Waals surface area contributed by atoms with E-state index in [9.17, 15) is 19.5 Å². The predicted octanol–water partition coefficient (Wildman–Crippen LogP) is 4.53. The molecule has 0 aromatic heterocycles. The third-order valence-corrected chi connectivity index (χ3v) is 11.0. The van der Waals surface area contributed by atoms with Gasteiger partial charge in [-0.05, 0) is 90.3 Å². The average Bonchev–Trinajstić information content (AvgIpc) is 2.84. The minimum Gasteiger partial charge on any atom is -0.504 e. The Morgan fingerprint density at radius 2 is 1.69 bits per heavy atom. The molecule has 2 saturated carbocycles. The van der Waals surface area contributed by atoms with E-state index in [1.54, 1.807) is 6.92 Å². The smallest absolute Gasteiger partial charge is 0.306 e. The standard InChI is InChI=1S/C31H38O5/c1-17-19-8-9-21-25(20(19)14-22(32)26(17)34)18(2)27(35)31(6)23-15-28(3,16-24(33)36-7)10-11-29(23,4)12-13-30(21,31)5/h8-9,14,23,34H,10-13,15-16H2,1-7H3/t23?,28-,29-,30-,31-/m1/s1. The lowest BCUT2D eigenvalue weighted by molar-refractivity contribution is -0.160. The van der Waals surface area contributed by atoms with Gasteiger partial charge in [-0.15, -0.1) is 0 Å². The molecule has 2 fully saturated rings. The van der Waals surface area contributed by atoms with Crippen molar-refractivity contribution >= 4 is 34.8 Å². The fraction of sp³-hybridized carbons (Fsp3) is 0.581. The molecule has 5 rings (SSSR count). The van der Waals surface area contributed by atoms with Crippen LogP contribution in [0.3, 0.4) is 0 Å². The van der Waals surface area contributed by atoms with Crippen molar-refractivity contribution in [2.75, 3.05) is 7.11 Å². The third-order valence-electron chi connectivity index (χ3n) is 11.0. The van der Waals surface area contributed by atoms with Gasteiger partial charge in [-0.2, -0.15) is 0 Å². The Hall–Kier alpha value is -2.69. The van der Waals surface area contributed by atoms with Crippen LogP contribution < -0.4 is 10.4 Å². The molecule has 192 valence electrons. The van der Waals surface area contributed by atoms with Gasteiger partial charge in [-0.25, -0.2) is 0 Å². The topological polar surface area (TPSA) is 80.7 Å². The van der Waals surface area contributed by atoms with E-state index in [0.717, 1.165) is 53.7 Å². The lowest BCUT2D eigenvalue weighted by atomic mass is 9.37. The van der Waals surface area contributed by atoms with E-state index in [2.05, 4.69) is 33.8 Å². The molecule has 0 bridgehead atoms. The Kier molecular flexibility index (Phi) is 5.31. The molecule has 1 aromatic carbocycles. The van der Waals surface area contributed by atoms with Gasteiger partial charge in [-0.1, -0.05) is 39.8 Å². The van der Waals surface area contributed by atoms with Crippen LogP contribution in [0.4, 0.5) is 0 Å². The average molecular weight is 491 g/mol. The number of methoxy groups -OCH3 is 1. The quantitative estimate of drug-likeness (QED) is 0.617. The number of carbonyl (C=O) groups excluding carboxylic acids is 3. The highest BCUT2D eigenvalue weighted by atomic mass is 16.5. The molecule has 0 aliphatic heterocycles. The Bertz CT molecular complexity index is 1380. The number of ketones is 2. The van der Waals surface area contributed by atoms with Crippen LogP contribution in [0.25, 0.3) is 17.2 Å². The Balaban J connectivity index is 1.73. The van der Waals surface area contributed by atoms with Crippen molar-refractivity contribution in [1.82, 2.24) is 0 Å². The molecule has 1 N–H and O–H groups in total. The summed E-state index contributed by atoms with van der Waals surface area (Å²) in [5, 5.41) is 11.9. The van der Waals surface area contributed by atoms with Crippen molar-refractivity contribution in [3.63, 3.8) is 0 Å². The molecular weight excluding hydrogens is 452 g/mol. The second-order valence-corrected chi connectivity index (χ2v) is 12.9. The lowest BCUT2D eigenvalue weighted by Gasteiger charge is -2.65. The van der Waals surface area contributed by atoms with Crippen LogP contribution in [0, 0.1) is 22.2 Å². The normalized spacial score (nSPS) is 37.4. The summed E-state index contributed by atoms with van der Waals surface area (Å²) in [6.45, 7) is 12.6. The zero-order valence-electron chi connectivity index (χ0n) is 22.6. The minimum absolute atomic E-state index is 0.0265. The number of esters is 1. The number of ether oxygens (including phenoxy) is 1. The molecule has 0 amide bonds. The van der Waals surface area contributed by atoms with Crippen molar-refractivity contribution < 1.29 is 24.2 Å². The van der Waals surface area contributed by atoms with E-state index >= 15 is 0 Å². The first-order valence-corrected chi connectivity index (χ1v) is 13.1. The van der Waals surface area contributed by atoms with Gasteiger partial charge in [0.1, 0.15) is 0 Å². The Morgan fingerprint density at radius 3 is 2.36 bits per heavy atom. The molecule has 0 heterocycles. The number of benzene rings is 1. The van der Waals surface area contributed by atoms with Crippen molar-refractivity contribution in [2.45, 2.75) is 85.5 Å². The highest BCUT2D eigenvalue weighted by Crippen LogP contribution is 2.68. The van der Waals surface area contributed by atoms with Gasteiger partial charge < -0.3 is 9.84 Å². The fourth-order valence-corrected chi connectivity index (χ4v) is 8.36. The second kappa shape index (κ2) is 7.66. The van der Waals surface area contributed by atoms with Gasteiger partial charge in [0.05, 0.1) is 13.5 Å². The Morgan fingerprint density at radius 1 is 1.03 bits per heavy atom. The molecule has 1 aromatic rings. The highest BCUT2D eigenvalue weighted by molar-refractivity contribution is 6.22. The third kappa shape index (κ3) is 3.04. The maximum atomic E-state index is 14.6. The first kappa shape index (κ1) is 25.0. The van der Waals surface area contributed by atoms with Gasteiger partial charge in [0.25, 0.3) is 0 Å². The first-order valence-electron chi connectivity index (χ1n) is 13.1. The summed E-state index contributed by atoms with van der Waals surface area (Å²) in [6.07, 6.45) is 6.54. The summed E-state index contributed by atoms with van der Waals surface area (Å²) in [7, 11) is 1.44. The number of hydrogen-bond donors (Lipinski definition) is 1. The predicted molar refractivity (Wildman–Crippen MR) is 139 cm³/mol. The molecule has 4 aliphatic carbocycles. The molecule has 1 unspecified atom stereocenters. The van der Waals surface area contributed by atoms with Crippen molar-refractivity contribution in [1.29, 1.82) is 0 Å². The van der Waals surface area contributed by atoms with Crippen LogP contribution in [-0.2, 0) is 24.5 Å². The van der Waals surface area contributed by atoms with Crippen LogP contribution in [-0.4, -0.2) is 29.8 Å². The van der Waals surface area contributed by atoms with E-state index in [1.165, 1.54) is 13.2 Å². The van der Waals surface area contributed by atoms with Crippen molar-refractivity contribution in [3.8, 4) is 0 Å². The summed E-state index contributed by atoms with van der Waals surface area (Å²) in [5.74, 6) is -0.545. The minimum atomic E-state index is -0.630. The number of rotatable bonds is 2. The highest BCUT2D eigenvalue weighted by Gasteiger charge is 2.66. The summed E-state index contributed by atoms with van der Waals surface area (Å²) in [6, 6.07) is 4.13. The van der Waals surface area contributed by atoms with Gasteiger partial charge in [0.2, 0.25) is 5.78 Å². The maximum Gasteiger partial charge on any atom is 0.306 e. The SMILES string of the molecule is COC(=O)C[C@]1(C)CC[C@]2(C)CC[C@]3(C)c4ccc5c(c4=C(C)C(=O)[C@@]3(C)C2C1)=CC(=O)C(O)=C5C. The number of hydrogen-bond acceptors (Lipinski definition) is 5. The number of Topliss-reactive ketones (excluding diaryl/α,β-unsaturated/α-hetero) is 2. The molecule has 4 aliphatic rings. The number of carbonyl (C=O) groups is 3. The van der Waals surface area contributed by atoms with Gasteiger partial charge >= 0.3 is 5.97 Å². The fourth-order valence-electron chi connectivity index (χ4n) is 8.36. The zero-order valence-corrected chi connectivity index (χ0v) is 22.6. The number of allylic oxidation sites excluding steroid dienone is 2. The molecular formula is C31H38O5. The zero-order chi connectivity index (χ0) is 26.4. The van der Waals surface area contributed by atoms with Gasteiger partial charge in [-0.3, -0.25) is 14.4 Å². The van der Waals surface area contributed by atoms with Crippen LogP contribution in [0.5, 0.6) is 0 Å². The molecule has 0 spiro atoms. The molecule has 5 atom stereocenters. The van der Waals surface area contributed by atoms with E-state index < -0.39 is 16.6 Å². The Labute approximate surface area is 213 Å². The number of fused-ring (bicyclic) bond motifs is 7. The van der Waals surface area contributed by atoms with E-state index in [0.29, 0.717) is 17.6 Å². The molecule has 0 saturated heterocycles. The summed E-state index contributed by atoms with van der Waals surface area (Å²) in [5.41, 5.74) is 1.98. The van der Waals surface area contributed by atoms with Crippen molar-refractivity contribution in [3.05, 3.63) is 39.5 Å². The van der Waals surface area contributed by atoms with Crippen molar-refractivity contribution in [2.24, 2.45) is 22.2 Å².